The molecule has 1 unspecified atom stereocenters. The Labute approximate surface area is 158 Å². The van der Waals surface area contributed by atoms with Crippen molar-refractivity contribution in [3.63, 3.8) is 0 Å². The predicted octanol–water partition coefficient (Wildman–Crippen LogP) is 3.72. The van der Waals surface area contributed by atoms with Crippen LogP contribution in [0.1, 0.15) is 56.8 Å². The Morgan fingerprint density at radius 3 is 2.54 bits per heavy atom. The number of likely N-dealkylation sites (tertiary alicyclic amines) is 1. The molecular weight excluding hydrogens is 328 g/mol. The van der Waals surface area contributed by atoms with Crippen LogP contribution in [-0.4, -0.2) is 50.2 Å². The van der Waals surface area contributed by atoms with Gasteiger partial charge in [-0.2, -0.15) is 0 Å². The van der Waals surface area contributed by atoms with E-state index in [4.69, 9.17) is 9.47 Å². The molecule has 0 saturated carbocycles. The van der Waals surface area contributed by atoms with Gasteiger partial charge in [0.15, 0.2) is 11.5 Å². The van der Waals surface area contributed by atoms with Crippen LogP contribution in [0.15, 0.2) is 18.2 Å². The Morgan fingerprint density at radius 1 is 1.15 bits per heavy atom. The minimum atomic E-state index is -0.0680. The van der Waals surface area contributed by atoms with Crippen molar-refractivity contribution in [2.75, 3.05) is 33.4 Å². The molecule has 0 bridgehead atoms. The Morgan fingerprint density at radius 2 is 1.88 bits per heavy atom. The minimum absolute atomic E-state index is 0.0680. The lowest BCUT2D eigenvalue weighted by Gasteiger charge is -2.29. The highest BCUT2D eigenvalue weighted by molar-refractivity contribution is 5.95. The van der Waals surface area contributed by atoms with E-state index in [0.717, 1.165) is 26.1 Å². The number of carbonyl (C=O) groups excluding carboxylic acids is 1. The molecule has 0 radical (unpaired) electrons. The number of rotatable bonds is 9. The van der Waals surface area contributed by atoms with Gasteiger partial charge in [0.05, 0.1) is 13.7 Å². The first-order valence-electron chi connectivity index (χ1n) is 9.83. The first kappa shape index (κ1) is 20.6. The quantitative estimate of drug-likeness (QED) is 0.727. The fourth-order valence-corrected chi connectivity index (χ4v) is 3.21. The van der Waals surface area contributed by atoms with Gasteiger partial charge in [-0.15, -0.1) is 0 Å². The molecule has 1 aromatic carbocycles. The third kappa shape index (κ3) is 6.52. The van der Waals surface area contributed by atoms with Gasteiger partial charge in [-0.3, -0.25) is 4.79 Å². The Hall–Kier alpha value is -1.75. The van der Waals surface area contributed by atoms with Gasteiger partial charge in [0.25, 0.3) is 5.91 Å². The molecule has 1 N–H and O–H groups in total. The summed E-state index contributed by atoms with van der Waals surface area (Å²) in [7, 11) is 1.60. The van der Waals surface area contributed by atoms with E-state index in [0.29, 0.717) is 29.6 Å². The van der Waals surface area contributed by atoms with E-state index in [1.54, 1.807) is 19.2 Å². The second-order valence-corrected chi connectivity index (χ2v) is 7.63. The van der Waals surface area contributed by atoms with Gasteiger partial charge in [0.1, 0.15) is 0 Å². The number of amides is 1. The number of nitrogens with zero attached hydrogens (tertiary/aromatic N) is 1. The van der Waals surface area contributed by atoms with Crippen molar-refractivity contribution < 1.29 is 14.3 Å². The first-order chi connectivity index (χ1) is 12.5. The van der Waals surface area contributed by atoms with Crippen LogP contribution in [-0.2, 0) is 0 Å². The molecule has 1 fully saturated rings. The highest BCUT2D eigenvalue weighted by Crippen LogP contribution is 2.28. The summed E-state index contributed by atoms with van der Waals surface area (Å²) in [6, 6.07) is 5.50. The van der Waals surface area contributed by atoms with E-state index in [2.05, 4.69) is 31.0 Å². The lowest BCUT2D eigenvalue weighted by Crippen LogP contribution is -2.43. The molecule has 1 heterocycles. The highest BCUT2D eigenvalue weighted by atomic mass is 16.5. The van der Waals surface area contributed by atoms with Crippen molar-refractivity contribution in [3.05, 3.63) is 23.8 Å². The summed E-state index contributed by atoms with van der Waals surface area (Å²) in [5.74, 6) is 1.81. The summed E-state index contributed by atoms with van der Waals surface area (Å²) in [4.78, 5) is 15.0. The van der Waals surface area contributed by atoms with E-state index < -0.39 is 0 Å². The number of benzene rings is 1. The van der Waals surface area contributed by atoms with Gasteiger partial charge < -0.3 is 19.7 Å². The minimum Gasteiger partial charge on any atom is -0.493 e. The monoisotopic (exact) mass is 362 g/mol. The molecule has 0 spiro atoms. The van der Waals surface area contributed by atoms with Crippen LogP contribution in [0.4, 0.5) is 0 Å². The van der Waals surface area contributed by atoms with Gasteiger partial charge in [0.2, 0.25) is 0 Å². The molecular formula is C21H34N2O3. The average Bonchev–Trinajstić information content (AvgIpc) is 2.62. The SMILES string of the molecule is COc1cc(C(=O)NC(C)CN2CCCCC2)ccc1OCCC(C)C. The van der Waals surface area contributed by atoms with Crippen molar-refractivity contribution in [2.45, 2.75) is 52.5 Å². The molecule has 146 valence electrons. The van der Waals surface area contributed by atoms with Crippen molar-refractivity contribution in [2.24, 2.45) is 5.92 Å². The van der Waals surface area contributed by atoms with Gasteiger partial charge >= 0.3 is 0 Å². The molecule has 1 aromatic rings. The average molecular weight is 363 g/mol. The second-order valence-electron chi connectivity index (χ2n) is 7.63. The number of nitrogens with one attached hydrogen (secondary N) is 1. The third-order valence-electron chi connectivity index (χ3n) is 4.74. The molecule has 2 rings (SSSR count). The molecule has 0 aliphatic carbocycles. The van der Waals surface area contributed by atoms with Crippen molar-refractivity contribution in [1.82, 2.24) is 10.2 Å². The van der Waals surface area contributed by atoms with Crippen molar-refractivity contribution in [1.29, 1.82) is 0 Å². The molecule has 0 aromatic heterocycles. The molecule has 1 atom stereocenters. The second kappa shape index (κ2) is 10.4. The first-order valence-corrected chi connectivity index (χ1v) is 9.83. The maximum absolute atomic E-state index is 12.6. The smallest absolute Gasteiger partial charge is 0.251 e. The Bertz CT molecular complexity index is 568. The lowest BCUT2D eigenvalue weighted by molar-refractivity contribution is 0.0925. The van der Waals surface area contributed by atoms with E-state index in [1.807, 2.05) is 6.07 Å². The zero-order chi connectivity index (χ0) is 18.9. The largest absolute Gasteiger partial charge is 0.493 e. The Balaban J connectivity index is 1.90. The molecule has 1 saturated heterocycles. The van der Waals surface area contributed by atoms with Crippen LogP contribution < -0.4 is 14.8 Å². The van der Waals surface area contributed by atoms with Crippen LogP contribution in [0.2, 0.25) is 0 Å². The van der Waals surface area contributed by atoms with Gasteiger partial charge in [-0.05, 0) is 63.4 Å². The van der Waals surface area contributed by atoms with Gasteiger partial charge in [-0.25, -0.2) is 0 Å². The van der Waals surface area contributed by atoms with E-state index in [-0.39, 0.29) is 11.9 Å². The summed E-state index contributed by atoms with van der Waals surface area (Å²) in [5, 5.41) is 3.10. The number of hydrogen-bond donors (Lipinski definition) is 1. The van der Waals surface area contributed by atoms with E-state index in [1.165, 1.54) is 19.3 Å². The number of carbonyl (C=O) groups is 1. The highest BCUT2D eigenvalue weighted by Gasteiger charge is 2.17. The summed E-state index contributed by atoms with van der Waals surface area (Å²) < 4.78 is 11.2. The maximum atomic E-state index is 12.6. The molecule has 1 amide bonds. The number of methoxy groups -OCH3 is 1. The lowest BCUT2D eigenvalue weighted by atomic mass is 10.1. The van der Waals surface area contributed by atoms with E-state index in [9.17, 15) is 4.79 Å². The molecule has 5 nitrogen and oxygen atoms in total. The third-order valence-corrected chi connectivity index (χ3v) is 4.74. The van der Waals surface area contributed by atoms with Crippen LogP contribution in [0.25, 0.3) is 0 Å². The van der Waals surface area contributed by atoms with Crippen LogP contribution in [0.3, 0.4) is 0 Å². The normalized spacial score (nSPS) is 16.3. The summed E-state index contributed by atoms with van der Waals surface area (Å²) in [5.41, 5.74) is 0.601. The van der Waals surface area contributed by atoms with Crippen molar-refractivity contribution >= 4 is 5.91 Å². The predicted molar refractivity (Wildman–Crippen MR) is 105 cm³/mol. The van der Waals surface area contributed by atoms with Crippen molar-refractivity contribution in [3.8, 4) is 11.5 Å². The zero-order valence-electron chi connectivity index (χ0n) is 16.7. The number of hydrogen-bond acceptors (Lipinski definition) is 4. The zero-order valence-corrected chi connectivity index (χ0v) is 16.7. The summed E-state index contributed by atoms with van der Waals surface area (Å²) >= 11 is 0. The van der Waals surface area contributed by atoms with Gasteiger partial charge in [0, 0.05) is 18.2 Å². The summed E-state index contributed by atoms with van der Waals surface area (Å²) in [6.07, 6.45) is 4.83. The van der Waals surface area contributed by atoms with Gasteiger partial charge in [-0.1, -0.05) is 20.3 Å². The molecule has 5 heteroatoms. The standard InChI is InChI=1S/C21H34N2O3/c1-16(2)10-13-26-19-9-8-18(14-20(19)25-4)21(24)22-17(3)15-23-11-6-5-7-12-23/h8-9,14,16-17H,5-7,10-13,15H2,1-4H3,(H,22,24). The molecule has 26 heavy (non-hydrogen) atoms. The Kier molecular flexibility index (Phi) is 8.23. The van der Waals surface area contributed by atoms with Crippen LogP contribution >= 0.6 is 0 Å². The molecule has 1 aliphatic heterocycles. The fraction of sp³-hybridized carbons (Fsp3) is 0.667. The number of ether oxygens (including phenoxy) is 2. The fourth-order valence-electron chi connectivity index (χ4n) is 3.21. The topological polar surface area (TPSA) is 50.8 Å². The van der Waals surface area contributed by atoms with E-state index >= 15 is 0 Å². The number of piperidine rings is 1. The summed E-state index contributed by atoms with van der Waals surface area (Å²) in [6.45, 7) is 10.2. The van der Waals surface area contributed by atoms with Crippen LogP contribution in [0.5, 0.6) is 11.5 Å². The molecule has 1 aliphatic rings. The maximum Gasteiger partial charge on any atom is 0.251 e. The van der Waals surface area contributed by atoms with Crippen LogP contribution in [0, 0.1) is 5.92 Å².